The van der Waals surface area contributed by atoms with Crippen LogP contribution < -0.4 is 10.6 Å². The molecule has 2 aromatic heterocycles. The summed E-state index contributed by atoms with van der Waals surface area (Å²) >= 11 is 0. The number of nitrogens with one attached hydrogen (secondary N) is 2. The molecular weight excluding hydrogens is 467 g/mol. The van der Waals surface area contributed by atoms with E-state index in [9.17, 15) is 27.6 Å². The molecule has 2 N–H and O–H groups in total. The van der Waals surface area contributed by atoms with Gasteiger partial charge in [0.2, 0.25) is 5.91 Å². The van der Waals surface area contributed by atoms with Crippen LogP contribution >= 0.6 is 0 Å². The summed E-state index contributed by atoms with van der Waals surface area (Å²) in [6.45, 7) is 6.30. The Morgan fingerprint density at radius 1 is 1.11 bits per heavy atom. The van der Waals surface area contributed by atoms with Gasteiger partial charge in [0.1, 0.15) is 0 Å². The van der Waals surface area contributed by atoms with Gasteiger partial charge in [-0.05, 0) is 51.8 Å². The lowest BCUT2D eigenvalue weighted by molar-refractivity contribution is -0.154. The first-order valence-corrected chi connectivity index (χ1v) is 10.7. The van der Waals surface area contributed by atoms with Crippen molar-refractivity contribution in [2.75, 3.05) is 11.9 Å². The number of aryl methyl sites for hydroxylation is 3. The van der Waals surface area contributed by atoms with Gasteiger partial charge in [0.05, 0.1) is 17.9 Å². The van der Waals surface area contributed by atoms with Gasteiger partial charge in [-0.25, -0.2) is 22.7 Å². The molecule has 0 bridgehead atoms. The molecule has 9 nitrogen and oxygen atoms in total. The summed E-state index contributed by atoms with van der Waals surface area (Å²) in [7, 11) is 0. The standard InChI is InChI=1S/C23H24F3N5O4/c1-11-9-18-28-12(2)15(13(3)31(18)30-11)5-8-20(33)35-14(4)23(34)27-10-19(32)29-17-7-6-16(24)21(25)22(17)26/h6-7,9,14H,5,8,10H2,1-4H3,(H,27,34)(H,29,32). The third-order valence-electron chi connectivity index (χ3n) is 5.28. The van der Waals surface area contributed by atoms with Gasteiger partial charge in [-0.2, -0.15) is 5.10 Å². The summed E-state index contributed by atoms with van der Waals surface area (Å²) in [5.41, 5.74) is 3.41. The van der Waals surface area contributed by atoms with Crippen molar-refractivity contribution in [2.24, 2.45) is 0 Å². The highest BCUT2D eigenvalue weighted by molar-refractivity contribution is 5.95. The maximum atomic E-state index is 13.6. The number of anilines is 1. The number of halogens is 3. The summed E-state index contributed by atoms with van der Waals surface area (Å²) < 4.78 is 46.7. The summed E-state index contributed by atoms with van der Waals surface area (Å²) in [4.78, 5) is 40.8. The minimum Gasteiger partial charge on any atom is -0.453 e. The Hall–Kier alpha value is -3.96. The van der Waals surface area contributed by atoms with Crippen molar-refractivity contribution in [3.05, 3.63) is 58.3 Å². The second-order valence-corrected chi connectivity index (χ2v) is 7.94. The quantitative estimate of drug-likeness (QED) is 0.370. The first-order valence-electron chi connectivity index (χ1n) is 10.7. The second kappa shape index (κ2) is 10.5. The zero-order chi connectivity index (χ0) is 25.9. The number of carbonyl (C=O) groups excluding carboxylic acids is 3. The summed E-state index contributed by atoms with van der Waals surface area (Å²) in [6.07, 6.45) is -0.885. The van der Waals surface area contributed by atoms with Crippen LogP contribution in [0.1, 0.15) is 36.0 Å². The van der Waals surface area contributed by atoms with Crippen molar-refractivity contribution in [1.82, 2.24) is 19.9 Å². The molecule has 0 aliphatic heterocycles. The monoisotopic (exact) mass is 491 g/mol. The molecule has 35 heavy (non-hydrogen) atoms. The van der Waals surface area contributed by atoms with Crippen LogP contribution in [0.2, 0.25) is 0 Å². The molecule has 0 spiro atoms. The summed E-state index contributed by atoms with van der Waals surface area (Å²) in [6, 6.07) is 3.36. The number of ether oxygens (including phenoxy) is 1. The first kappa shape index (κ1) is 25.7. The molecule has 3 aromatic rings. The smallest absolute Gasteiger partial charge is 0.306 e. The number of amides is 2. The molecule has 0 saturated heterocycles. The molecule has 3 rings (SSSR count). The molecule has 1 atom stereocenters. The SMILES string of the molecule is Cc1cc2nc(C)c(CCC(=O)OC(C)C(=O)NCC(=O)Nc3ccc(F)c(F)c3F)c(C)n2n1. The highest BCUT2D eigenvalue weighted by atomic mass is 19.2. The van der Waals surface area contributed by atoms with Gasteiger partial charge in [-0.1, -0.05) is 0 Å². The molecule has 2 amide bonds. The largest absolute Gasteiger partial charge is 0.453 e. The number of nitrogens with zero attached hydrogens (tertiary/aromatic N) is 3. The minimum absolute atomic E-state index is 0.0113. The first-order chi connectivity index (χ1) is 16.5. The van der Waals surface area contributed by atoms with E-state index in [2.05, 4.69) is 15.4 Å². The van der Waals surface area contributed by atoms with E-state index >= 15 is 0 Å². The highest BCUT2D eigenvalue weighted by Gasteiger charge is 2.20. The molecule has 0 fully saturated rings. The Kier molecular flexibility index (Phi) is 7.72. The maximum absolute atomic E-state index is 13.6. The van der Waals surface area contributed by atoms with E-state index in [0.717, 1.165) is 28.7 Å². The Morgan fingerprint density at radius 3 is 2.54 bits per heavy atom. The summed E-state index contributed by atoms with van der Waals surface area (Å²) in [5.74, 6) is -6.96. The van der Waals surface area contributed by atoms with Crippen molar-refractivity contribution < 1.29 is 32.3 Å². The Bertz CT molecular complexity index is 1310. The van der Waals surface area contributed by atoms with Gasteiger partial charge in [-0.3, -0.25) is 14.4 Å². The number of benzene rings is 1. The molecule has 0 aliphatic rings. The average molecular weight is 491 g/mol. The number of hydrogen-bond acceptors (Lipinski definition) is 6. The van der Waals surface area contributed by atoms with Gasteiger partial charge in [0.15, 0.2) is 29.2 Å². The van der Waals surface area contributed by atoms with Crippen LogP contribution in [-0.2, 0) is 25.5 Å². The molecule has 0 radical (unpaired) electrons. The van der Waals surface area contributed by atoms with E-state index in [1.54, 1.807) is 4.52 Å². The molecule has 186 valence electrons. The third kappa shape index (κ3) is 5.94. The van der Waals surface area contributed by atoms with E-state index in [4.69, 9.17) is 4.74 Å². The molecule has 12 heteroatoms. The van der Waals surface area contributed by atoms with Crippen molar-refractivity contribution >= 4 is 29.1 Å². The van der Waals surface area contributed by atoms with Crippen molar-refractivity contribution in [3.8, 4) is 0 Å². The van der Waals surface area contributed by atoms with Crippen LogP contribution in [0.5, 0.6) is 0 Å². The fraction of sp³-hybridized carbons (Fsp3) is 0.348. The number of fused-ring (bicyclic) bond motifs is 1. The Morgan fingerprint density at radius 2 is 1.83 bits per heavy atom. The van der Waals surface area contributed by atoms with Gasteiger partial charge in [0.25, 0.3) is 5.91 Å². The van der Waals surface area contributed by atoms with Crippen LogP contribution in [-0.4, -0.2) is 45.0 Å². The molecule has 0 saturated carbocycles. The van der Waals surface area contributed by atoms with Gasteiger partial charge >= 0.3 is 5.97 Å². The fourth-order valence-electron chi connectivity index (χ4n) is 3.47. The number of esters is 1. The highest BCUT2D eigenvalue weighted by Crippen LogP contribution is 2.19. The van der Waals surface area contributed by atoms with Gasteiger partial charge in [0, 0.05) is 23.9 Å². The van der Waals surface area contributed by atoms with E-state index in [1.165, 1.54) is 6.92 Å². The van der Waals surface area contributed by atoms with E-state index in [-0.39, 0.29) is 6.42 Å². The van der Waals surface area contributed by atoms with Crippen molar-refractivity contribution in [1.29, 1.82) is 0 Å². The zero-order valence-corrected chi connectivity index (χ0v) is 19.5. The molecule has 1 aromatic carbocycles. The number of rotatable bonds is 8. The lowest BCUT2D eigenvalue weighted by atomic mass is 10.1. The average Bonchev–Trinajstić information content (AvgIpc) is 3.17. The molecule has 0 aliphatic carbocycles. The second-order valence-electron chi connectivity index (χ2n) is 7.94. The number of aromatic nitrogens is 3. The number of hydrogen-bond donors (Lipinski definition) is 2. The zero-order valence-electron chi connectivity index (χ0n) is 19.5. The number of carbonyl (C=O) groups is 3. The topological polar surface area (TPSA) is 115 Å². The van der Waals surface area contributed by atoms with Gasteiger partial charge < -0.3 is 15.4 Å². The fourth-order valence-corrected chi connectivity index (χ4v) is 3.47. The van der Waals surface area contributed by atoms with E-state index in [0.29, 0.717) is 18.1 Å². The molecule has 1 unspecified atom stereocenters. The van der Waals surface area contributed by atoms with Crippen molar-refractivity contribution in [2.45, 2.75) is 46.6 Å². The minimum atomic E-state index is -1.73. The van der Waals surface area contributed by atoms with Crippen LogP contribution in [0, 0.1) is 38.2 Å². The van der Waals surface area contributed by atoms with Gasteiger partial charge in [-0.15, -0.1) is 0 Å². The van der Waals surface area contributed by atoms with Crippen LogP contribution in [0.4, 0.5) is 18.9 Å². The normalized spacial score (nSPS) is 11.9. The molecule has 2 heterocycles. The predicted molar refractivity (Wildman–Crippen MR) is 119 cm³/mol. The maximum Gasteiger partial charge on any atom is 0.306 e. The van der Waals surface area contributed by atoms with E-state index in [1.807, 2.05) is 32.2 Å². The van der Waals surface area contributed by atoms with Crippen LogP contribution in [0.25, 0.3) is 5.65 Å². The van der Waals surface area contributed by atoms with Crippen LogP contribution in [0.15, 0.2) is 18.2 Å². The van der Waals surface area contributed by atoms with Crippen LogP contribution in [0.3, 0.4) is 0 Å². The third-order valence-corrected chi connectivity index (χ3v) is 5.28. The Labute approximate surface area is 198 Å². The summed E-state index contributed by atoms with van der Waals surface area (Å²) in [5, 5.41) is 8.63. The van der Waals surface area contributed by atoms with E-state index < -0.39 is 53.6 Å². The Balaban J connectivity index is 1.49. The lowest BCUT2D eigenvalue weighted by Crippen LogP contribution is -2.40. The lowest BCUT2D eigenvalue weighted by Gasteiger charge is -2.15. The predicted octanol–water partition coefficient (Wildman–Crippen LogP) is 2.69. The van der Waals surface area contributed by atoms with Crippen molar-refractivity contribution in [3.63, 3.8) is 0 Å². The molecular formula is C23H24F3N5O4.